The van der Waals surface area contributed by atoms with E-state index in [1.807, 2.05) is 6.92 Å². The molecule has 1 nitrogen and oxygen atoms in total. The monoisotopic (exact) mass is 413 g/mol. The molecule has 0 atom stereocenters. The van der Waals surface area contributed by atoms with Crippen LogP contribution < -0.4 is 0 Å². The van der Waals surface area contributed by atoms with E-state index in [0.717, 1.165) is 0 Å². The molecule has 0 aliphatic carbocycles. The Bertz CT molecular complexity index is 690. The number of rotatable bonds is 0. The summed E-state index contributed by atoms with van der Waals surface area (Å²) in [6, 6.07) is 29.3. The van der Waals surface area contributed by atoms with E-state index in [1.54, 1.807) is 0 Å². The van der Waals surface area contributed by atoms with E-state index in [9.17, 15) is 0 Å². The van der Waals surface area contributed by atoms with Crippen LogP contribution in [0.2, 0.25) is 0 Å². The van der Waals surface area contributed by atoms with Crippen LogP contribution in [0.25, 0.3) is 21.5 Å². The third-order valence-electron chi connectivity index (χ3n) is 3.10. The Balaban J connectivity index is 0.000000183. The van der Waals surface area contributed by atoms with Crippen molar-refractivity contribution in [1.29, 1.82) is 0 Å². The summed E-state index contributed by atoms with van der Waals surface area (Å²) in [6.07, 6.45) is 0. The van der Waals surface area contributed by atoms with Crippen molar-refractivity contribution in [3.8, 4) is 0 Å². The molecule has 0 saturated carbocycles. The Morgan fingerprint density at radius 2 is 1.21 bits per heavy atom. The standard InChI is InChI=1S/2C9H7.C2H4.CH2ClO.Zr/c2*1-2-5-9-7-3-6-8(9)4-1;1-2;1-3-2;/h2*1-7H;1H,2H3;1H2;/q2*-1;;-1;. The van der Waals surface area contributed by atoms with Crippen molar-refractivity contribution in [3.05, 3.63) is 92.0 Å². The molecule has 0 aliphatic heterocycles. The Hall–Kier alpha value is -1.34. The maximum absolute atomic E-state index is 4.39. The molecule has 0 aliphatic rings. The van der Waals surface area contributed by atoms with E-state index in [1.165, 1.54) is 45.8 Å². The van der Waals surface area contributed by atoms with Gasteiger partial charge >= 0.3 is 34.9 Å². The third kappa shape index (κ3) is 7.49. The molecule has 4 aromatic rings. The van der Waals surface area contributed by atoms with Gasteiger partial charge in [0, 0.05) is 11.9 Å². The van der Waals surface area contributed by atoms with Gasteiger partial charge in [0.1, 0.15) is 0 Å². The van der Waals surface area contributed by atoms with E-state index < -0.39 is 0 Å². The second-order valence-corrected chi connectivity index (χ2v) is 6.34. The van der Waals surface area contributed by atoms with E-state index in [0.29, 0.717) is 0 Å². The van der Waals surface area contributed by atoms with Gasteiger partial charge in [0.2, 0.25) is 0 Å². The molecule has 0 aromatic heterocycles. The van der Waals surface area contributed by atoms with Gasteiger partial charge in [-0.25, -0.2) is 7.11 Å². The number of hydrogen-bond acceptors (Lipinski definition) is 1. The minimum absolute atomic E-state index is 1.33. The van der Waals surface area contributed by atoms with E-state index in [2.05, 4.69) is 112 Å². The molecule has 0 fully saturated rings. The molecule has 24 heavy (non-hydrogen) atoms. The number of halogens is 1. The van der Waals surface area contributed by atoms with Gasteiger partial charge < -0.3 is 4.29 Å². The third-order valence-corrected chi connectivity index (χ3v) is 3.10. The molecule has 0 N–H and O–H groups in total. The van der Waals surface area contributed by atoms with Crippen molar-refractivity contribution >= 4 is 37.1 Å². The zero-order valence-corrected chi connectivity index (χ0v) is 16.9. The molecule has 0 amide bonds. The van der Waals surface area contributed by atoms with E-state index >= 15 is 0 Å². The van der Waals surface area contributed by atoms with Crippen LogP contribution >= 0.6 is 11.9 Å². The first kappa shape index (κ1) is 20.7. The molecule has 3 heteroatoms. The molecule has 4 rings (SSSR count). The Kier molecular flexibility index (Phi) is 11.2. The van der Waals surface area contributed by atoms with Crippen LogP contribution in [0.1, 0.15) is 6.92 Å². The first-order valence-electron chi connectivity index (χ1n) is 7.45. The van der Waals surface area contributed by atoms with Crippen molar-refractivity contribution in [2.75, 3.05) is 0 Å². The van der Waals surface area contributed by atoms with Crippen LogP contribution in [0.4, 0.5) is 0 Å². The minimum Gasteiger partial charge on any atom is -0.459 e. The first-order chi connectivity index (χ1) is 11.8. The Morgan fingerprint density at radius 1 is 0.875 bits per heavy atom. The summed E-state index contributed by atoms with van der Waals surface area (Å²) in [5, 5.41) is 5.32. The first-order valence-corrected chi connectivity index (χ1v) is 9.18. The van der Waals surface area contributed by atoms with Crippen LogP contribution in [-0.2, 0) is 28.5 Å². The molecule has 0 spiro atoms. The fourth-order valence-corrected chi connectivity index (χ4v) is 2.14. The number of benzene rings is 2. The Morgan fingerprint density at radius 3 is 1.54 bits per heavy atom. The minimum atomic E-state index is 1.33. The molecule has 0 heterocycles. The normalized spacial score (nSPS) is 8.92. The number of fused-ring (bicyclic) bond motifs is 2. The second-order valence-electron chi connectivity index (χ2n) is 4.71. The topological polar surface area (TPSA) is 9.23 Å². The summed E-state index contributed by atoms with van der Waals surface area (Å²) in [4.78, 5) is 0. The summed E-state index contributed by atoms with van der Waals surface area (Å²) in [7, 11) is 2.75. The molecule has 0 radical (unpaired) electrons. The predicted octanol–water partition coefficient (Wildman–Crippen LogP) is 6.42. The molecule has 0 bridgehead atoms. The smallest absolute Gasteiger partial charge is 0.0234 e. The fraction of sp³-hybridized carbons (Fsp3) is 0.0476. The quantitative estimate of drug-likeness (QED) is 0.301. The van der Waals surface area contributed by atoms with Crippen molar-refractivity contribution in [1.82, 2.24) is 0 Å². The summed E-state index contributed by atoms with van der Waals surface area (Å²) in [5.74, 6) is 0. The Labute approximate surface area is 164 Å². The predicted molar refractivity (Wildman–Crippen MR) is 103 cm³/mol. The van der Waals surface area contributed by atoms with Crippen LogP contribution in [0.15, 0.2) is 84.9 Å². The second kappa shape index (κ2) is 13.0. The van der Waals surface area contributed by atoms with Gasteiger partial charge in [-0.05, 0) is 0 Å². The largest absolute Gasteiger partial charge is 0.459 e. The van der Waals surface area contributed by atoms with Crippen molar-refractivity contribution < 1.29 is 28.5 Å². The van der Waals surface area contributed by atoms with E-state index in [-0.39, 0.29) is 0 Å². The zero-order valence-electron chi connectivity index (χ0n) is 13.7. The van der Waals surface area contributed by atoms with Gasteiger partial charge in [0.25, 0.3) is 0 Å². The van der Waals surface area contributed by atoms with Gasteiger partial charge in [-0.1, -0.05) is 12.1 Å². The van der Waals surface area contributed by atoms with Crippen molar-refractivity contribution in [2.45, 2.75) is 6.92 Å². The van der Waals surface area contributed by atoms with E-state index in [4.69, 9.17) is 0 Å². The van der Waals surface area contributed by atoms with Crippen molar-refractivity contribution in [3.63, 3.8) is 0 Å². The summed E-state index contributed by atoms with van der Waals surface area (Å²) >= 11 is 5.90. The summed E-state index contributed by atoms with van der Waals surface area (Å²) < 4.78 is 5.56. The average Bonchev–Trinajstić information content (AvgIpc) is 3.26. The van der Waals surface area contributed by atoms with Crippen LogP contribution in [0, 0.1) is 7.11 Å². The average molecular weight is 415 g/mol. The number of hydrogen-bond donors (Lipinski definition) is 0. The van der Waals surface area contributed by atoms with Crippen molar-refractivity contribution in [2.24, 2.45) is 0 Å². The molecule has 124 valence electrons. The van der Waals surface area contributed by atoms with Gasteiger partial charge in [-0.15, -0.1) is 59.3 Å². The molecular weight excluding hydrogens is 395 g/mol. The van der Waals surface area contributed by atoms with Crippen LogP contribution in [0.3, 0.4) is 0 Å². The van der Waals surface area contributed by atoms with Crippen LogP contribution in [0.5, 0.6) is 0 Å². The molecule has 0 saturated heterocycles. The van der Waals surface area contributed by atoms with Gasteiger partial charge in [-0.3, -0.25) is 0 Å². The molecule has 4 aromatic carbocycles. The SMILES string of the molecule is C[CH]=[Zr].[CH2-]OCl.c1ccc2[cH-]ccc2c1.c1ccc2[cH-]ccc2c1. The molecular formula is C21H20ClOZr-3. The summed E-state index contributed by atoms with van der Waals surface area (Å²) in [5.41, 5.74) is 0. The van der Waals surface area contributed by atoms with Gasteiger partial charge in [0.05, 0.1) is 0 Å². The molecule has 0 unspecified atom stereocenters. The van der Waals surface area contributed by atoms with Gasteiger partial charge in [0.15, 0.2) is 0 Å². The maximum atomic E-state index is 4.39. The fourth-order valence-electron chi connectivity index (χ4n) is 2.14. The van der Waals surface area contributed by atoms with Gasteiger partial charge in [-0.2, -0.15) is 35.0 Å². The zero-order chi connectivity index (χ0) is 17.6. The summed E-state index contributed by atoms with van der Waals surface area (Å²) in [6.45, 7) is 2.04. The maximum Gasteiger partial charge on any atom is 0.0234 e. The van der Waals surface area contributed by atoms with Crippen LogP contribution in [-0.4, -0.2) is 3.71 Å².